The van der Waals surface area contributed by atoms with Crippen LogP contribution in [0.5, 0.6) is 0 Å². The summed E-state index contributed by atoms with van der Waals surface area (Å²) in [5.74, 6) is -0.0971. The average molecular weight is 225 g/mol. The maximum absolute atomic E-state index is 11.0. The van der Waals surface area contributed by atoms with Crippen LogP contribution in [0.3, 0.4) is 0 Å². The monoisotopic (exact) mass is 225 g/mol. The minimum Gasteiger partial charge on any atom is -0.481 e. The molecule has 1 fully saturated rings. The number of carbonyl (C=O) groups is 1. The minimum absolute atomic E-state index is 0.519. The van der Waals surface area contributed by atoms with Gasteiger partial charge in [0.2, 0.25) is 0 Å². The van der Waals surface area contributed by atoms with Crippen LogP contribution in [0.25, 0.3) is 0 Å². The molecule has 4 heteroatoms. The number of aromatic nitrogens is 1. The van der Waals surface area contributed by atoms with E-state index in [1.807, 2.05) is 5.38 Å². The fraction of sp³-hybridized carbons (Fsp3) is 0.636. The molecule has 1 saturated carbocycles. The molecule has 1 aromatic rings. The van der Waals surface area contributed by atoms with Crippen molar-refractivity contribution in [1.82, 2.24) is 4.98 Å². The zero-order valence-corrected chi connectivity index (χ0v) is 9.80. The average Bonchev–Trinajstić information content (AvgIpc) is 2.88. The molecule has 0 aliphatic heterocycles. The van der Waals surface area contributed by atoms with E-state index in [0.717, 1.165) is 5.69 Å². The molecule has 2 rings (SSSR count). The topological polar surface area (TPSA) is 50.2 Å². The summed E-state index contributed by atoms with van der Waals surface area (Å²) < 4.78 is 0. The fourth-order valence-electron chi connectivity index (χ4n) is 1.45. The van der Waals surface area contributed by atoms with Gasteiger partial charge in [0.25, 0.3) is 0 Å². The van der Waals surface area contributed by atoms with Crippen molar-refractivity contribution in [3.8, 4) is 0 Å². The van der Waals surface area contributed by atoms with E-state index < -0.39 is 11.4 Å². The Kier molecular flexibility index (Phi) is 2.54. The van der Waals surface area contributed by atoms with Crippen LogP contribution in [-0.4, -0.2) is 16.1 Å². The first kappa shape index (κ1) is 10.6. The number of thiazole rings is 1. The number of carboxylic acids is 1. The SMILES string of the molecule is CC(C)(Cc1csc(C2CC2)n1)C(=O)O. The van der Waals surface area contributed by atoms with Crippen LogP contribution in [-0.2, 0) is 11.2 Å². The molecule has 0 bridgehead atoms. The largest absolute Gasteiger partial charge is 0.481 e. The molecule has 1 aliphatic carbocycles. The van der Waals surface area contributed by atoms with Gasteiger partial charge < -0.3 is 5.11 Å². The lowest BCUT2D eigenvalue weighted by Gasteiger charge is -2.16. The molecule has 1 aliphatic rings. The fourth-order valence-corrected chi connectivity index (χ4v) is 2.44. The van der Waals surface area contributed by atoms with E-state index in [1.165, 1.54) is 17.8 Å². The summed E-state index contributed by atoms with van der Waals surface area (Å²) in [6.45, 7) is 3.48. The third kappa shape index (κ3) is 2.37. The van der Waals surface area contributed by atoms with Gasteiger partial charge in [-0.05, 0) is 26.7 Å². The van der Waals surface area contributed by atoms with Gasteiger partial charge in [-0.2, -0.15) is 0 Å². The summed E-state index contributed by atoms with van der Waals surface area (Å²) in [4.78, 5) is 15.4. The van der Waals surface area contributed by atoms with Gasteiger partial charge in [0.05, 0.1) is 16.1 Å². The van der Waals surface area contributed by atoms with Crippen LogP contribution in [0.15, 0.2) is 5.38 Å². The highest BCUT2D eigenvalue weighted by molar-refractivity contribution is 7.09. The maximum atomic E-state index is 11.0. The Morgan fingerprint density at radius 3 is 2.87 bits per heavy atom. The number of nitrogens with zero attached hydrogens (tertiary/aromatic N) is 1. The third-order valence-corrected chi connectivity index (χ3v) is 3.75. The molecule has 82 valence electrons. The number of hydrogen-bond acceptors (Lipinski definition) is 3. The van der Waals surface area contributed by atoms with Gasteiger partial charge in [0, 0.05) is 17.7 Å². The molecule has 0 aromatic carbocycles. The molecular weight excluding hydrogens is 210 g/mol. The quantitative estimate of drug-likeness (QED) is 0.857. The highest BCUT2D eigenvalue weighted by Gasteiger charge is 2.30. The van der Waals surface area contributed by atoms with Crippen molar-refractivity contribution in [2.24, 2.45) is 5.41 Å². The Labute approximate surface area is 93.2 Å². The molecule has 1 heterocycles. The lowest BCUT2D eigenvalue weighted by Crippen LogP contribution is -2.26. The predicted molar refractivity (Wildman–Crippen MR) is 59.2 cm³/mol. The third-order valence-electron chi connectivity index (χ3n) is 2.70. The number of hydrogen-bond donors (Lipinski definition) is 1. The smallest absolute Gasteiger partial charge is 0.309 e. The summed E-state index contributed by atoms with van der Waals surface area (Å²) >= 11 is 1.67. The molecule has 0 saturated heterocycles. The van der Waals surface area contributed by atoms with Crippen LogP contribution in [0.2, 0.25) is 0 Å². The van der Waals surface area contributed by atoms with Crippen molar-refractivity contribution >= 4 is 17.3 Å². The molecule has 0 amide bonds. The highest BCUT2D eigenvalue weighted by atomic mass is 32.1. The molecule has 0 unspecified atom stereocenters. The van der Waals surface area contributed by atoms with E-state index in [4.69, 9.17) is 5.11 Å². The first-order valence-corrected chi connectivity index (χ1v) is 6.05. The number of rotatable bonds is 4. The molecule has 1 N–H and O–H groups in total. The van der Waals surface area contributed by atoms with Crippen molar-refractivity contribution < 1.29 is 9.90 Å². The van der Waals surface area contributed by atoms with E-state index in [-0.39, 0.29) is 0 Å². The van der Waals surface area contributed by atoms with E-state index in [0.29, 0.717) is 12.3 Å². The summed E-state index contributed by atoms with van der Waals surface area (Å²) in [7, 11) is 0. The maximum Gasteiger partial charge on any atom is 0.309 e. The number of aliphatic carboxylic acids is 1. The van der Waals surface area contributed by atoms with Gasteiger partial charge in [-0.1, -0.05) is 0 Å². The zero-order chi connectivity index (χ0) is 11.1. The Hall–Kier alpha value is -0.900. The van der Waals surface area contributed by atoms with Crippen LogP contribution in [0.4, 0.5) is 0 Å². The second-order valence-electron chi connectivity index (χ2n) is 4.82. The standard InChI is InChI=1S/C11H15NO2S/c1-11(2,10(13)14)5-8-6-15-9(12-8)7-3-4-7/h6-7H,3-5H2,1-2H3,(H,13,14). The number of carboxylic acid groups (broad SMARTS) is 1. The van der Waals surface area contributed by atoms with Crippen molar-refractivity contribution in [3.05, 3.63) is 16.1 Å². The van der Waals surface area contributed by atoms with E-state index in [2.05, 4.69) is 4.98 Å². The summed E-state index contributed by atoms with van der Waals surface area (Å²) in [5.41, 5.74) is 0.212. The van der Waals surface area contributed by atoms with Crippen LogP contribution < -0.4 is 0 Å². The lowest BCUT2D eigenvalue weighted by molar-refractivity contribution is -0.146. The highest BCUT2D eigenvalue weighted by Crippen LogP contribution is 2.41. The van der Waals surface area contributed by atoms with E-state index in [1.54, 1.807) is 25.2 Å². The van der Waals surface area contributed by atoms with Gasteiger partial charge in [-0.25, -0.2) is 4.98 Å². The van der Waals surface area contributed by atoms with Crippen LogP contribution in [0.1, 0.15) is 43.3 Å². The normalized spacial score (nSPS) is 16.7. The second kappa shape index (κ2) is 3.59. The molecule has 0 spiro atoms. The van der Waals surface area contributed by atoms with Crippen molar-refractivity contribution in [3.63, 3.8) is 0 Å². The predicted octanol–water partition coefficient (Wildman–Crippen LogP) is 2.67. The first-order valence-electron chi connectivity index (χ1n) is 5.17. The first-order chi connectivity index (χ1) is 6.99. The zero-order valence-electron chi connectivity index (χ0n) is 8.99. The van der Waals surface area contributed by atoms with Crippen LogP contribution >= 0.6 is 11.3 Å². The second-order valence-corrected chi connectivity index (χ2v) is 5.71. The van der Waals surface area contributed by atoms with E-state index >= 15 is 0 Å². The summed E-state index contributed by atoms with van der Waals surface area (Å²) in [6.07, 6.45) is 3.01. The van der Waals surface area contributed by atoms with Gasteiger partial charge in [0.1, 0.15) is 0 Å². The van der Waals surface area contributed by atoms with Gasteiger partial charge in [-0.15, -0.1) is 11.3 Å². The Morgan fingerprint density at radius 1 is 1.67 bits per heavy atom. The summed E-state index contributed by atoms with van der Waals surface area (Å²) in [5, 5.41) is 12.2. The minimum atomic E-state index is -0.761. The molecular formula is C11H15NO2S. The van der Waals surface area contributed by atoms with Crippen molar-refractivity contribution in [1.29, 1.82) is 0 Å². The molecule has 1 aromatic heterocycles. The van der Waals surface area contributed by atoms with Crippen molar-refractivity contribution in [2.75, 3.05) is 0 Å². The van der Waals surface area contributed by atoms with E-state index in [9.17, 15) is 4.79 Å². The molecule has 0 atom stereocenters. The Balaban J connectivity index is 2.06. The van der Waals surface area contributed by atoms with Gasteiger partial charge in [0.15, 0.2) is 0 Å². The Bertz CT molecular complexity index is 380. The summed E-state index contributed by atoms with van der Waals surface area (Å²) in [6, 6.07) is 0. The lowest BCUT2D eigenvalue weighted by atomic mass is 9.88. The molecule has 3 nitrogen and oxygen atoms in total. The van der Waals surface area contributed by atoms with Gasteiger partial charge >= 0.3 is 5.97 Å². The molecule has 15 heavy (non-hydrogen) atoms. The molecule has 0 radical (unpaired) electrons. The Morgan fingerprint density at radius 2 is 2.33 bits per heavy atom. The van der Waals surface area contributed by atoms with Crippen LogP contribution in [0, 0.1) is 5.41 Å². The van der Waals surface area contributed by atoms with Gasteiger partial charge in [-0.3, -0.25) is 4.79 Å². The van der Waals surface area contributed by atoms with Crippen molar-refractivity contribution in [2.45, 2.75) is 39.0 Å².